The Morgan fingerprint density at radius 3 is 2.26 bits per heavy atom. The van der Waals surface area contributed by atoms with Gasteiger partial charge >= 0.3 is 5.97 Å². The predicted molar refractivity (Wildman–Crippen MR) is 137 cm³/mol. The number of rotatable bonds is 1. The van der Waals surface area contributed by atoms with Crippen molar-refractivity contribution in [3.8, 4) is 0 Å². The van der Waals surface area contributed by atoms with Crippen molar-refractivity contribution in [3.63, 3.8) is 0 Å². The van der Waals surface area contributed by atoms with Crippen molar-refractivity contribution < 1.29 is 14.6 Å². The monoisotopic (exact) mass is 470 g/mol. The molecule has 0 aromatic carbocycles. The van der Waals surface area contributed by atoms with E-state index in [1.807, 2.05) is 0 Å². The normalized spacial score (nSPS) is 51.1. The van der Waals surface area contributed by atoms with Crippen molar-refractivity contribution in [1.29, 1.82) is 0 Å². The predicted octanol–water partition coefficient (Wildman–Crippen LogP) is 7.32. The number of esters is 1. The molecule has 5 aliphatic rings. The van der Waals surface area contributed by atoms with Gasteiger partial charge in [-0.05, 0) is 109 Å². The fraction of sp³-hybridized carbons (Fsp3) is 0.903. The molecule has 0 aliphatic heterocycles. The van der Waals surface area contributed by atoms with Crippen LogP contribution in [0.1, 0.15) is 113 Å². The van der Waals surface area contributed by atoms with Gasteiger partial charge in [-0.25, -0.2) is 0 Å². The first-order valence-electron chi connectivity index (χ1n) is 14.2. The zero-order valence-corrected chi connectivity index (χ0v) is 23.2. The Balaban J connectivity index is 1.60. The van der Waals surface area contributed by atoms with Crippen LogP contribution in [-0.4, -0.2) is 24.3 Å². The first-order valence-corrected chi connectivity index (χ1v) is 14.2. The summed E-state index contributed by atoms with van der Waals surface area (Å²) in [6.45, 7) is 17.2. The maximum atomic E-state index is 13.3. The quantitative estimate of drug-likeness (QED) is 0.322. The molecule has 3 nitrogen and oxygen atoms in total. The highest BCUT2D eigenvalue weighted by Crippen LogP contribution is 2.75. The molecule has 3 heteroatoms. The number of carbonyl (C=O) groups is 1. The number of aliphatic hydroxyl groups excluding tert-OH is 1. The van der Waals surface area contributed by atoms with Crippen LogP contribution >= 0.6 is 0 Å². The summed E-state index contributed by atoms with van der Waals surface area (Å²) < 4.78 is 5.49. The van der Waals surface area contributed by atoms with Gasteiger partial charge < -0.3 is 9.84 Å². The number of carbonyl (C=O) groups excluding carboxylic acids is 1. The lowest BCUT2D eigenvalue weighted by Gasteiger charge is -2.71. The van der Waals surface area contributed by atoms with E-state index in [0.717, 1.165) is 51.4 Å². The molecule has 5 rings (SSSR count). The molecule has 1 N–H and O–H groups in total. The van der Waals surface area contributed by atoms with E-state index in [9.17, 15) is 9.90 Å². The number of methoxy groups -OCH3 is 1. The first-order chi connectivity index (χ1) is 15.7. The second-order valence-corrected chi connectivity index (χ2v) is 15.2. The van der Waals surface area contributed by atoms with Gasteiger partial charge in [-0.1, -0.05) is 60.1 Å². The van der Waals surface area contributed by atoms with E-state index >= 15 is 0 Å². The van der Waals surface area contributed by atoms with E-state index in [0.29, 0.717) is 17.8 Å². The van der Waals surface area contributed by atoms with Crippen LogP contribution in [0.25, 0.3) is 0 Å². The number of ether oxygens (including phenoxy) is 1. The van der Waals surface area contributed by atoms with Crippen LogP contribution in [0.4, 0.5) is 0 Å². The van der Waals surface area contributed by atoms with Crippen LogP contribution in [0.15, 0.2) is 11.6 Å². The Kier molecular flexibility index (Phi) is 5.38. The third-order valence-electron chi connectivity index (χ3n) is 13.2. The molecule has 0 aromatic heterocycles. The third kappa shape index (κ3) is 2.94. The number of aliphatic hydroxyl groups is 1. The summed E-state index contributed by atoms with van der Waals surface area (Å²) in [5.41, 5.74) is 2.18. The summed E-state index contributed by atoms with van der Waals surface area (Å²) >= 11 is 0. The number of hydrogen-bond acceptors (Lipinski definition) is 3. The Labute approximate surface area is 208 Å². The zero-order chi connectivity index (χ0) is 24.9. The largest absolute Gasteiger partial charge is 0.469 e. The van der Waals surface area contributed by atoms with Gasteiger partial charge in [0.15, 0.2) is 0 Å². The first kappa shape index (κ1) is 24.8. The van der Waals surface area contributed by atoms with Crippen molar-refractivity contribution in [2.24, 2.45) is 50.2 Å². The summed E-state index contributed by atoms with van der Waals surface area (Å²) in [6, 6.07) is 0. The smallest absolute Gasteiger partial charge is 0.312 e. The molecule has 5 aliphatic carbocycles. The Hall–Kier alpha value is -0.830. The van der Waals surface area contributed by atoms with Crippen molar-refractivity contribution in [2.45, 2.75) is 119 Å². The Bertz CT molecular complexity index is 900. The molecule has 0 unspecified atom stereocenters. The molecule has 0 bridgehead atoms. The second kappa shape index (κ2) is 7.36. The summed E-state index contributed by atoms with van der Waals surface area (Å²) in [6.07, 6.45) is 13.4. The highest BCUT2D eigenvalue weighted by atomic mass is 16.5. The zero-order valence-electron chi connectivity index (χ0n) is 23.2. The molecule has 0 spiro atoms. The van der Waals surface area contributed by atoms with E-state index in [2.05, 4.69) is 54.5 Å². The molecular weight excluding hydrogens is 420 g/mol. The highest BCUT2D eigenvalue weighted by Gasteiger charge is 2.69. The van der Waals surface area contributed by atoms with Crippen molar-refractivity contribution in [2.75, 3.05) is 7.11 Å². The van der Waals surface area contributed by atoms with Crippen molar-refractivity contribution >= 4 is 5.97 Å². The minimum Gasteiger partial charge on any atom is -0.469 e. The van der Waals surface area contributed by atoms with Gasteiger partial charge in [-0.15, -0.1) is 0 Å². The molecule has 0 radical (unpaired) electrons. The average Bonchev–Trinajstić information content (AvgIpc) is 2.76. The molecule has 4 fully saturated rings. The van der Waals surface area contributed by atoms with Gasteiger partial charge in [0.05, 0.1) is 18.6 Å². The lowest BCUT2D eigenvalue weighted by Crippen LogP contribution is -2.65. The van der Waals surface area contributed by atoms with Gasteiger partial charge in [0.25, 0.3) is 0 Å². The Morgan fingerprint density at radius 2 is 1.59 bits per heavy atom. The van der Waals surface area contributed by atoms with Crippen molar-refractivity contribution in [1.82, 2.24) is 0 Å². The second-order valence-electron chi connectivity index (χ2n) is 15.2. The fourth-order valence-electron chi connectivity index (χ4n) is 10.8. The van der Waals surface area contributed by atoms with Gasteiger partial charge in [0, 0.05) is 0 Å². The molecule has 34 heavy (non-hydrogen) atoms. The standard InChI is InChI=1S/C31H50O3/c1-26(2)15-17-31(25(33)34-8)18-16-29(6)20(21(31)19-26)9-10-23-28(5)13-12-24(32)27(3,4)22(28)11-14-30(23,29)7/h9,21-24,32H,10-19H2,1-8H3/t21-,22-,23-,24+,28-,29+,30+,31-/m0/s1. The molecule has 0 saturated heterocycles. The molecule has 0 heterocycles. The molecule has 4 saturated carbocycles. The lowest BCUT2D eigenvalue weighted by molar-refractivity contribution is -0.206. The number of allylic oxidation sites excluding steroid dienone is 2. The van der Waals surface area contributed by atoms with E-state index in [1.54, 1.807) is 12.7 Å². The molecular formula is C31H50O3. The maximum Gasteiger partial charge on any atom is 0.312 e. The average molecular weight is 471 g/mol. The van der Waals surface area contributed by atoms with E-state index in [4.69, 9.17) is 4.74 Å². The SMILES string of the molecule is COC(=O)[C@]12CCC(C)(C)C[C@H]1C1=CC[C@H]3[C@@]4(C)CC[C@@H](O)C(C)(C)[C@@H]4CC[C@@]3(C)[C@]1(C)CC2. The molecule has 0 amide bonds. The van der Waals surface area contributed by atoms with E-state index in [1.165, 1.54) is 12.8 Å². The minimum absolute atomic E-state index is 0.0147. The summed E-state index contributed by atoms with van der Waals surface area (Å²) in [5.74, 6) is 1.57. The van der Waals surface area contributed by atoms with Crippen LogP contribution in [-0.2, 0) is 9.53 Å². The summed E-state index contributed by atoms with van der Waals surface area (Å²) in [4.78, 5) is 13.3. The number of fused-ring (bicyclic) bond motifs is 7. The Morgan fingerprint density at radius 1 is 0.912 bits per heavy atom. The number of hydrogen-bond donors (Lipinski definition) is 1. The highest BCUT2D eigenvalue weighted by molar-refractivity contribution is 5.78. The van der Waals surface area contributed by atoms with Crippen LogP contribution in [0.3, 0.4) is 0 Å². The maximum absolute atomic E-state index is 13.3. The van der Waals surface area contributed by atoms with Crippen LogP contribution < -0.4 is 0 Å². The summed E-state index contributed by atoms with van der Waals surface area (Å²) in [7, 11) is 1.59. The van der Waals surface area contributed by atoms with Gasteiger partial charge in [-0.3, -0.25) is 4.79 Å². The van der Waals surface area contributed by atoms with E-state index in [-0.39, 0.29) is 44.6 Å². The van der Waals surface area contributed by atoms with Crippen LogP contribution in [0.2, 0.25) is 0 Å². The topological polar surface area (TPSA) is 46.5 Å². The van der Waals surface area contributed by atoms with Crippen LogP contribution in [0, 0.1) is 50.2 Å². The van der Waals surface area contributed by atoms with Gasteiger partial charge in [0.1, 0.15) is 0 Å². The minimum atomic E-state index is -0.323. The van der Waals surface area contributed by atoms with Gasteiger partial charge in [0.2, 0.25) is 0 Å². The molecule has 192 valence electrons. The third-order valence-corrected chi connectivity index (χ3v) is 13.2. The van der Waals surface area contributed by atoms with Crippen LogP contribution in [0.5, 0.6) is 0 Å². The molecule has 0 aromatic rings. The molecule has 8 atom stereocenters. The fourth-order valence-corrected chi connectivity index (χ4v) is 10.8. The summed E-state index contributed by atoms with van der Waals surface area (Å²) in [5, 5.41) is 10.9. The van der Waals surface area contributed by atoms with E-state index < -0.39 is 0 Å². The van der Waals surface area contributed by atoms with Crippen molar-refractivity contribution in [3.05, 3.63) is 11.6 Å². The lowest BCUT2D eigenvalue weighted by atomic mass is 9.33. The van der Waals surface area contributed by atoms with Gasteiger partial charge in [-0.2, -0.15) is 0 Å².